The molecule has 0 radical (unpaired) electrons. The number of fused-ring (bicyclic) bond motifs is 1. The van der Waals surface area contributed by atoms with Gasteiger partial charge < -0.3 is 15.1 Å². The Balaban J connectivity index is 2.01. The van der Waals surface area contributed by atoms with Gasteiger partial charge >= 0.3 is 0 Å². The van der Waals surface area contributed by atoms with Gasteiger partial charge in [0, 0.05) is 30.1 Å². The van der Waals surface area contributed by atoms with Crippen molar-refractivity contribution in [3.63, 3.8) is 0 Å². The molecule has 0 bridgehead atoms. The maximum atomic E-state index is 9.71. The molecule has 0 amide bonds. The van der Waals surface area contributed by atoms with Gasteiger partial charge in [0.05, 0.1) is 12.1 Å². The molecule has 1 saturated carbocycles. The zero-order valence-electron chi connectivity index (χ0n) is 12.2. The lowest BCUT2D eigenvalue weighted by atomic mass is 9.91. The van der Waals surface area contributed by atoms with Crippen molar-refractivity contribution < 1.29 is 10.2 Å². The van der Waals surface area contributed by atoms with Crippen LogP contribution < -0.4 is 4.90 Å². The van der Waals surface area contributed by atoms with Gasteiger partial charge in [0.1, 0.15) is 5.82 Å². The highest BCUT2D eigenvalue weighted by molar-refractivity contribution is 5.81. The fraction of sp³-hybridized carbons (Fsp3) is 0.471. The molecule has 3 rings (SSSR count). The summed E-state index contributed by atoms with van der Waals surface area (Å²) < 4.78 is 0. The Hall–Kier alpha value is -1.65. The summed E-state index contributed by atoms with van der Waals surface area (Å²) in [6, 6.07) is 10.5. The van der Waals surface area contributed by atoms with Gasteiger partial charge in [-0.25, -0.2) is 4.98 Å². The van der Waals surface area contributed by atoms with Crippen LogP contribution in [0, 0.1) is 0 Å². The van der Waals surface area contributed by atoms with E-state index in [0.717, 1.165) is 35.2 Å². The SMILES string of the molecule is OCCCN(c1nc2ccccc2cc1CO)C1CCC1. The number of para-hydroxylation sites is 1. The summed E-state index contributed by atoms with van der Waals surface area (Å²) in [5.74, 6) is 0.884. The first-order valence-electron chi connectivity index (χ1n) is 7.70. The maximum absolute atomic E-state index is 9.71. The quantitative estimate of drug-likeness (QED) is 0.856. The van der Waals surface area contributed by atoms with E-state index in [1.807, 2.05) is 30.3 Å². The average Bonchev–Trinajstić information content (AvgIpc) is 2.48. The highest BCUT2D eigenvalue weighted by Crippen LogP contribution is 2.32. The lowest BCUT2D eigenvalue weighted by molar-refractivity contribution is 0.276. The van der Waals surface area contributed by atoms with E-state index in [2.05, 4.69) is 4.90 Å². The number of nitrogens with zero attached hydrogens (tertiary/aromatic N) is 2. The van der Waals surface area contributed by atoms with Crippen LogP contribution in [0.5, 0.6) is 0 Å². The van der Waals surface area contributed by atoms with Crippen molar-refractivity contribution in [3.05, 3.63) is 35.9 Å². The van der Waals surface area contributed by atoms with Crippen molar-refractivity contribution in [1.29, 1.82) is 0 Å². The normalized spacial score (nSPS) is 15.1. The van der Waals surface area contributed by atoms with Crippen molar-refractivity contribution in [3.8, 4) is 0 Å². The summed E-state index contributed by atoms with van der Waals surface area (Å²) in [6.45, 7) is 0.972. The first kappa shape index (κ1) is 14.3. The van der Waals surface area contributed by atoms with E-state index in [9.17, 15) is 5.11 Å². The van der Waals surface area contributed by atoms with Crippen LogP contribution in [0.2, 0.25) is 0 Å². The molecule has 112 valence electrons. The lowest BCUT2D eigenvalue weighted by Crippen LogP contribution is -2.42. The summed E-state index contributed by atoms with van der Waals surface area (Å²) in [5.41, 5.74) is 1.83. The van der Waals surface area contributed by atoms with E-state index in [4.69, 9.17) is 10.1 Å². The number of benzene rings is 1. The van der Waals surface area contributed by atoms with Crippen LogP contribution in [0.3, 0.4) is 0 Å². The molecular weight excluding hydrogens is 264 g/mol. The van der Waals surface area contributed by atoms with Crippen LogP contribution in [-0.2, 0) is 6.61 Å². The van der Waals surface area contributed by atoms with Gasteiger partial charge in [-0.1, -0.05) is 18.2 Å². The molecule has 0 atom stereocenters. The second-order valence-corrected chi connectivity index (χ2v) is 5.68. The number of rotatable bonds is 6. The predicted molar refractivity (Wildman–Crippen MR) is 84.4 cm³/mol. The standard InChI is InChI=1S/C17H22N2O2/c20-10-4-9-19(15-6-3-7-15)17-14(12-21)11-13-5-1-2-8-16(13)18-17/h1-2,5,8,11,15,20-21H,3-4,6-7,9-10,12H2. The third-order valence-electron chi connectivity index (χ3n) is 4.30. The van der Waals surface area contributed by atoms with Crippen molar-refractivity contribution in [2.45, 2.75) is 38.3 Å². The van der Waals surface area contributed by atoms with E-state index in [1.54, 1.807) is 0 Å². The van der Waals surface area contributed by atoms with E-state index < -0.39 is 0 Å². The van der Waals surface area contributed by atoms with E-state index in [1.165, 1.54) is 19.3 Å². The smallest absolute Gasteiger partial charge is 0.135 e. The van der Waals surface area contributed by atoms with Gasteiger partial charge in [-0.05, 0) is 37.8 Å². The van der Waals surface area contributed by atoms with Crippen molar-refractivity contribution in [2.75, 3.05) is 18.1 Å². The number of anilines is 1. The topological polar surface area (TPSA) is 56.6 Å². The number of pyridine rings is 1. The van der Waals surface area contributed by atoms with Crippen LogP contribution in [0.4, 0.5) is 5.82 Å². The second-order valence-electron chi connectivity index (χ2n) is 5.68. The minimum absolute atomic E-state index is 0.00445. The summed E-state index contributed by atoms with van der Waals surface area (Å²) >= 11 is 0. The van der Waals surface area contributed by atoms with E-state index in [0.29, 0.717) is 6.04 Å². The molecule has 0 unspecified atom stereocenters. The molecule has 21 heavy (non-hydrogen) atoms. The maximum Gasteiger partial charge on any atom is 0.135 e. The van der Waals surface area contributed by atoms with Gasteiger partial charge in [0.15, 0.2) is 0 Å². The zero-order chi connectivity index (χ0) is 14.7. The molecule has 1 aliphatic rings. The molecule has 0 spiro atoms. The highest BCUT2D eigenvalue weighted by atomic mass is 16.3. The Morgan fingerprint density at radius 2 is 2.00 bits per heavy atom. The number of aromatic nitrogens is 1. The molecule has 4 heteroatoms. The molecule has 1 heterocycles. The van der Waals surface area contributed by atoms with Crippen molar-refractivity contribution in [2.24, 2.45) is 0 Å². The zero-order valence-corrected chi connectivity index (χ0v) is 12.2. The highest BCUT2D eigenvalue weighted by Gasteiger charge is 2.27. The van der Waals surface area contributed by atoms with Gasteiger partial charge in [-0.15, -0.1) is 0 Å². The summed E-state index contributed by atoms with van der Waals surface area (Å²) in [4.78, 5) is 7.06. The van der Waals surface area contributed by atoms with Gasteiger partial charge in [0.25, 0.3) is 0 Å². The fourth-order valence-corrected chi connectivity index (χ4v) is 2.92. The molecule has 1 aliphatic carbocycles. The van der Waals surface area contributed by atoms with Crippen molar-refractivity contribution in [1.82, 2.24) is 4.98 Å². The Morgan fingerprint density at radius 3 is 2.67 bits per heavy atom. The van der Waals surface area contributed by atoms with E-state index >= 15 is 0 Å². The molecule has 2 N–H and O–H groups in total. The van der Waals surface area contributed by atoms with Crippen LogP contribution in [0.1, 0.15) is 31.2 Å². The molecular formula is C17H22N2O2. The van der Waals surface area contributed by atoms with Crippen molar-refractivity contribution >= 4 is 16.7 Å². The van der Waals surface area contributed by atoms with Crippen LogP contribution in [0.25, 0.3) is 10.9 Å². The third-order valence-corrected chi connectivity index (χ3v) is 4.30. The van der Waals surface area contributed by atoms with Gasteiger partial charge in [-0.3, -0.25) is 0 Å². The van der Waals surface area contributed by atoms with Gasteiger partial charge in [0.2, 0.25) is 0 Å². The minimum atomic E-state index is -0.00445. The third kappa shape index (κ3) is 2.87. The van der Waals surface area contributed by atoms with Crippen LogP contribution in [0.15, 0.2) is 30.3 Å². The predicted octanol–water partition coefficient (Wildman–Crippen LogP) is 2.47. The molecule has 0 aliphatic heterocycles. The molecule has 1 fully saturated rings. The molecule has 4 nitrogen and oxygen atoms in total. The summed E-state index contributed by atoms with van der Waals surface area (Å²) in [6.07, 6.45) is 4.33. The van der Waals surface area contributed by atoms with Crippen LogP contribution >= 0.6 is 0 Å². The molecule has 1 aromatic heterocycles. The Bertz CT molecular complexity index is 611. The Kier molecular flexibility index (Phi) is 4.36. The number of hydrogen-bond donors (Lipinski definition) is 2. The molecule has 0 saturated heterocycles. The first-order valence-corrected chi connectivity index (χ1v) is 7.70. The lowest BCUT2D eigenvalue weighted by Gasteiger charge is -2.39. The van der Waals surface area contributed by atoms with E-state index in [-0.39, 0.29) is 13.2 Å². The van der Waals surface area contributed by atoms with Gasteiger partial charge in [-0.2, -0.15) is 0 Å². The fourth-order valence-electron chi connectivity index (χ4n) is 2.92. The first-order chi connectivity index (χ1) is 10.3. The largest absolute Gasteiger partial charge is 0.396 e. The monoisotopic (exact) mass is 286 g/mol. The number of aliphatic hydroxyl groups is 2. The Morgan fingerprint density at radius 1 is 1.19 bits per heavy atom. The summed E-state index contributed by atoms with van der Waals surface area (Å²) in [5, 5.41) is 19.9. The molecule has 2 aromatic rings. The number of aliphatic hydroxyl groups excluding tert-OH is 2. The second kappa shape index (κ2) is 6.41. The van der Waals surface area contributed by atoms with Crippen LogP contribution in [-0.4, -0.2) is 34.4 Å². The Labute approximate surface area is 125 Å². The summed E-state index contributed by atoms with van der Waals surface area (Å²) in [7, 11) is 0. The minimum Gasteiger partial charge on any atom is -0.396 e. The molecule has 1 aromatic carbocycles. The average molecular weight is 286 g/mol. The number of hydrogen-bond acceptors (Lipinski definition) is 4.